The Morgan fingerprint density at radius 3 is 1.85 bits per heavy atom. The van der Waals surface area contributed by atoms with Crippen LogP contribution in [0.15, 0.2) is 48.6 Å². The zero-order valence-corrected chi connectivity index (χ0v) is 36.4. The molecule has 3 atom stereocenters. The van der Waals surface area contributed by atoms with Crippen molar-refractivity contribution in [2.24, 2.45) is 0 Å². The van der Waals surface area contributed by atoms with E-state index < -0.39 is 38.6 Å². The molecule has 0 radical (unpaired) electrons. The first-order valence-electron chi connectivity index (χ1n) is 21.5. The van der Waals surface area contributed by atoms with E-state index in [1.807, 2.05) is 57.6 Å². The summed E-state index contributed by atoms with van der Waals surface area (Å²) in [4.78, 5) is 35.3. The molecule has 0 aromatic carbocycles. The lowest BCUT2D eigenvalue weighted by Gasteiger charge is -2.24. The number of carbonyl (C=O) groups excluding carboxylic acids is 2. The van der Waals surface area contributed by atoms with E-state index in [4.69, 9.17) is 18.5 Å². The number of phosphoric acid groups is 1. The summed E-state index contributed by atoms with van der Waals surface area (Å²) in [5.41, 5.74) is 0. The van der Waals surface area contributed by atoms with E-state index in [9.17, 15) is 24.2 Å². The second-order valence-corrected chi connectivity index (χ2v) is 17.0. The molecule has 0 heterocycles. The number of unbranched alkanes of at least 4 members (excludes halogenated alkanes) is 16. The van der Waals surface area contributed by atoms with Crippen LogP contribution in [0.5, 0.6) is 0 Å². The van der Waals surface area contributed by atoms with Gasteiger partial charge in [0, 0.05) is 12.8 Å². The van der Waals surface area contributed by atoms with Gasteiger partial charge in [0.2, 0.25) is 0 Å². The Morgan fingerprint density at radius 1 is 0.655 bits per heavy atom. The number of rotatable bonds is 38. The summed E-state index contributed by atoms with van der Waals surface area (Å²) >= 11 is 0. The molecule has 0 saturated heterocycles. The summed E-state index contributed by atoms with van der Waals surface area (Å²) in [6, 6.07) is 0. The molecule has 10 nitrogen and oxygen atoms in total. The van der Waals surface area contributed by atoms with E-state index in [-0.39, 0.29) is 26.1 Å². The third-order valence-electron chi connectivity index (χ3n) is 8.94. The average Bonchev–Trinajstić information content (AvgIpc) is 3.13. The Bertz CT molecular complexity index is 1100. The third kappa shape index (κ3) is 39.9. The van der Waals surface area contributed by atoms with Crippen molar-refractivity contribution < 1.29 is 47.2 Å². The monoisotopic (exact) mass is 799 g/mol. The van der Waals surface area contributed by atoms with Gasteiger partial charge in [-0.25, -0.2) is 4.57 Å². The minimum Gasteiger partial charge on any atom is -0.462 e. The largest absolute Gasteiger partial charge is 0.472 e. The lowest BCUT2D eigenvalue weighted by molar-refractivity contribution is -0.870. The summed E-state index contributed by atoms with van der Waals surface area (Å²) in [7, 11) is 1.40. The first-order valence-corrected chi connectivity index (χ1v) is 23.0. The molecule has 0 aliphatic heterocycles. The molecule has 0 fully saturated rings. The Labute approximate surface area is 336 Å². The van der Waals surface area contributed by atoms with Gasteiger partial charge in [-0.2, -0.15) is 0 Å². The molecule has 0 amide bonds. The van der Waals surface area contributed by atoms with Crippen LogP contribution in [0, 0.1) is 0 Å². The number of allylic oxidation sites excluding steroid dienone is 6. The smallest absolute Gasteiger partial charge is 0.462 e. The number of likely N-dealkylation sites (N-methyl/N-ethyl adjacent to an activating group) is 1. The highest BCUT2D eigenvalue weighted by Gasteiger charge is 2.27. The van der Waals surface area contributed by atoms with E-state index in [0.29, 0.717) is 30.3 Å². The summed E-state index contributed by atoms with van der Waals surface area (Å²) in [5.74, 6) is -0.903. The topological polar surface area (TPSA) is 129 Å². The van der Waals surface area contributed by atoms with E-state index in [0.717, 1.165) is 32.1 Å². The van der Waals surface area contributed by atoms with Crippen LogP contribution in [0.1, 0.15) is 162 Å². The van der Waals surface area contributed by atoms with Crippen LogP contribution in [0.2, 0.25) is 0 Å². The van der Waals surface area contributed by atoms with Crippen molar-refractivity contribution in [3.63, 3.8) is 0 Å². The quantitative estimate of drug-likeness (QED) is 0.0157. The van der Waals surface area contributed by atoms with E-state index >= 15 is 0 Å². The lowest BCUT2D eigenvalue weighted by atomic mass is 10.0. The summed E-state index contributed by atoms with van der Waals surface area (Å²) in [6.07, 6.45) is 37.6. The molecular formula is C44H81NO9P+. The molecule has 0 saturated carbocycles. The van der Waals surface area contributed by atoms with E-state index in [2.05, 4.69) is 19.9 Å². The van der Waals surface area contributed by atoms with Crippen LogP contribution in [0.25, 0.3) is 0 Å². The molecule has 320 valence electrons. The van der Waals surface area contributed by atoms with Crippen molar-refractivity contribution in [1.29, 1.82) is 0 Å². The number of phosphoric ester groups is 1. The van der Waals surface area contributed by atoms with E-state index in [1.54, 1.807) is 6.08 Å². The number of carbonyl (C=O) groups is 2. The van der Waals surface area contributed by atoms with Crippen LogP contribution in [-0.4, -0.2) is 86.1 Å². The average molecular weight is 799 g/mol. The van der Waals surface area contributed by atoms with Gasteiger partial charge in [-0.3, -0.25) is 18.6 Å². The molecule has 0 aromatic heterocycles. The SMILES string of the molecule is CCCCC/C=C\CC(O)/C=C/C=C\C/C=C\CCCC(=O)OC(COC(=O)CCCCCCCCCCCCCCC)COP(=O)(O)OCC[N+](C)(C)C. The zero-order valence-electron chi connectivity index (χ0n) is 35.5. The van der Waals surface area contributed by atoms with Gasteiger partial charge in [-0.15, -0.1) is 0 Å². The molecule has 3 unspecified atom stereocenters. The Kier molecular flexibility index (Phi) is 34.9. The summed E-state index contributed by atoms with van der Waals surface area (Å²) < 4.78 is 34.1. The summed E-state index contributed by atoms with van der Waals surface area (Å²) in [6.45, 7) is 4.22. The van der Waals surface area contributed by atoms with Crippen molar-refractivity contribution >= 4 is 19.8 Å². The molecule has 0 rings (SSSR count). The molecule has 0 aromatic rings. The predicted molar refractivity (Wildman–Crippen MR) is 226 cm³/mol. The number of aliphatic hydroxyl groups excluding tert-OH is 1. The normalized spacial score (nSPS) is 14.7. The Morgan fingerprint density at radius 2 is 1.22 bits per heavy atom. The molecule has 0 aliphatic rings. The molecule has 0 spiro atoms. The van der Waals surface area contributed by atoms with Crippen molar-refractivity contribution in [3.05, 3.63) is 48.6 Å². The molecule has 55 heavy (non-hydrogen) atoms. The van der Waals surface area contributed by atoms with Gasteiger partial charge < -0.3 is 24.0 Å². The number of quaternary nitrogens is 1. The Hall–Kier alpha value is -2.07. The number of aliphatic hydroxyl groups is 1. The van der Waals surface area contributed by atoms with Crippen LogP contribution >= 0.6 is 7.82 Å². The van der Waals surface area contributed by atoms with Crippen LogP contribution in [-0.2, 0) is 32.7 Å². The zero-order chi connectivity index (χ0) is 40.9. The van der Waals surface area contributed by atoms with Gasteiger partial charge in [0.05, 0.1) is 33.9 Å². The fourth-order valence-electron chi connectivity index (χ4n) is 5.50. The Balaban J connectivity index is 4.55. The fourth-order valence-corrected chi connectivity index (χ4v) is 6.24. The van der Waals surface area contributed by atoms with Crippen LogP contribution in [0.4, 0.5) is 0 Å². The molecule has 0 aliphatic carbocycles. The van der Waals surface area contributed by atoms with Gasteiger partial charge >= 0.3 is 19.8 Å². The van der Waals surface area contributed by atoms with Gasteiger partial charge in [0.1, 0.15) is 19.8 Å². The maximum absolute atomic E-state index is 12.7. The fraction of sp³-hybridized carbons (Fsp3) is 0.773. The lowest BCUT2D eigenvalue weighted by Crippen LogP contribution is -2.37. The highest BCUT2D eigenvalue weighted by atomic mass is 31.2. The number of ether oxygens (including phenoxy) is 2. The van der Waals surface area contributed by atoms with Crippen molar-refractivity contribution in [1.82, 2.24) is 0 Å². The molecule has 0 bridgehead atoms. The van der Waals surface area contributed by atoms with Gasteiger partial charge in [-0.1, -0.05) is 152 Å². The number of hydrogen-bond acceptors (Lipinski definition) is 8. The molecule has 2 N–H and O–H groups in total. The molecule has 11 heteroatoms. The minimum atomic E-state index is -4.40. The first-order chi connectivity index (χ1) is 26.4. The second-order valence-electron chi connectivity index (χ2n) is 15.6. The van der Waals surface area contributed by atoms with Crippen molar-refractivity contribution in [2.45, 2.75) is 174 Å². The van der Waals surface area contributed by atoms with Crippen LogP contribution in [0.3, 0.4) is 0 Å². The number of esters is 2. The highest BCUT2D eigenvalue weighted by molar-refractivity contribution is 7.47. The van der Waals surface area contributed by atoms with Crippen molar-refractivity contribution in [3.8, 4) is 0 Å². The second kappa shape index (κ2) is 36.3. The minimum absolute atomic E-state index is 0.0100. The molecular weight excluding hydrogens is 717 g/mol. The third-order valence-corrected chi connectivity index (χ3v) is 9.93. The summed E-state index contributed by atoms with van der Waals surface area (Å²) in [5, 5.41) is 10.0. The first kappa shape index (κ1) is 52.9. The van der Waals surface area contributed by atoms with Gasteiger partial charge in [-0.05, 0) is 44.9 Å². The highest BCUT2D eigenvalue weighted by Crippen LogP contribution is 2.43. The van der Waals surface area contributed by atoms with E-state index in [1.165, 1.54) is 83.5 Å². The maximum Gasteiger partial charge on any atom is 0.472 e. The van der Waals surface area contributed by atoms with Gasteiger partial charge in [0.25, 0.3) is 0 Å². The predicted octanol–water partition coefficient (Wildman–Crippen LogP) is 10.9. The standard InChI is InChI=1S/C44H80NO9P/c1-6-8-10-12-14-15-16-17-18-19-23-27-31-35-43(47)51-39-42(40-53-55(49,50)52-38-37-45(3,4)5)54-44(48)36-32-28-24-21-20-22-26-30-34-41(46)33-29-25-13-11-9-7-2/h21-22,24-26,29-30,34,41-42,46H,6-20,23,27-28,31-33,35-40H2,1-5H3/p+1/b24-21-,26-22-,29-25-,34-30+. The number of nitrogens with zero attached hydrogens (tertiary/aromatic N) is 1. The van der Waals surface area contributed by atoms with Gasteiger partial charge in [0.15, 0.2) is 6.10 Å². The maximum atomic E-state index is 12.7. The van der Waals surface area contributed by atoms with Crippen LogP contribution < -0.4 is 0 Å². The number of hydrogen-bond donors (Lipinski definition) is 2. The van der Waals surface area contributed by atoms with Crippen molar-refractivity contribution in [2.75, 3.05) is 47.5 Å².